The molecule has 1 N–H and O–H groups in total. The fourth-order valence-electron chi connectivity index (χ4n) is 2.62. The Kier molecular flexibility index (Phi) is 4.99. The maximum Gasteiger partial charge on any atom is 0.137 e. The molecule has 1 unspecified atom stereocenters. The Hall–Kier alpha value is -0.870. The minimum atomic E-state index is 0.563. The SMILES string of the molecule is CCc1nc(Cl)c(C)c(NCC2CCCN2CC)n1. The second kappa shape index (κ2) is 6.53. The minimum absolute atomic E-state index is 0.563. The van der Waals surface area contributed by atoms with Gasteiger partial charge in [0.15, 0.2) is 0 Å². The highest BCUT2D eigenvalue weighted by atomic mass is 35.5. The molecule has 0 spiro atoms. The molecule has 106 valence electrons. The van der Waals surface area contributed by atoms with Crippen molar-refractivity contribution in [2.45, 2.75) is 46.1 Å². The topological polar surface area (TPSA) is 41.1 Å². The molecule has 1 fully saturated rings. The van der Waals surface area contributed by atoms with Crippen molar-refractivity contribution in [2.24, 2.45) is 0 Å². The first-order chi connectivity index (χ1) is 9.15. The molecule has 1 saturated heterocycles. The van der Waals surface area contributed by atoms with E-state index >= 15 is 0 Å². The number of hydrogen-bond acceptors (Lipinski definition) is 4. The third kappa shape index (κ3) is 3.37. The van der Waals surface area contributed by atoms with Crippen LogP contribution in [-0.4, -0.2) is 40.5 Å². The van der Waals surface area contributed by atoms with Crippen LogP contribution in [0.25, 0.3) is 0 Å². The van der Waals surface area contributed by atoms with Crippen LogP contribution in [0, 0.1) is 6.92 Å². The number of likely N-dealkylation sites (N-methyl/N-ethyl adjacent to an activating group) is 1. The highest BCUT2D eigenvalue weighted by Gasteiger charge is 2.23. The largest absolute Gasteiger partial charge is 0.368 e. The summed E-state index contributed by atoms with van der Waals surface area (Å²) < 4.78 is 0. The molecule has 0 amide bonds. The number of halogens is 1. The predicted octanol–water partition coefficient (Wildman–Crippen LogP) is 2.90. The Morgan fingerprint density at radius 1 is 1.37 bits per heavy atom. The average Bonchev–Trinajstić information content (AvgIpc) is 2.87. The molecule has 1 aromatic heterocycles. The summed E-state index contributed by atoms with van der Waals surface area (Å²) in [6.45, 7) is 9.50. The Bertz CT molecular complexity index is 436. The van der Waals surface area contributed by atoms with Gasteiger partial charge in [0.2, 0.25) is 0 Å². The first-order valence-electron chi connectivity index (χ1n) is 7.16. The molecule has 1 aliphatic rings. The summed E-state index contributed by atoms with van der Waals surface area (Å²) in [5.74, 6) is 1.69. The number of likely N-dealkylation sites (tertiary alicyclic amines) is 1. The van der Waals surface area contributed by atoms with E-state index in [0.717, 1.165) is 36.7 Å². The van der Waals surface area contributed by atoms with E-state index in [9.17, 15) is 0 Å². The molecule has 0 radical (unpaired) electrons. The molecular weight excluding hydrogens is 260 g/mol. The molecule has 0 bridgehead atoms. The number of anilines is 1. The van der Waals surface area contributed by atoms with Crippen molar-refractivity contribution in [1.29, 1.82) is 0 Å². The van der Waals surface area contributed by atoms with E-state index in [1.54, 1.807) is 0 Å². The lowest BCUT2D eigenvalue weighted by molar-refractivity contribution is 0.277. The zero-order chi connectivity index (χ0) is 13.8. The van der Waals surface area contributed by atoms with Crippen LogP contribution >= 0.6 is 11.6 Å². The lowest BCUT2D eigenvalue weighted by Gasteiger charge is -2.23. The number of nitrogens with zero attached hydrogens (tertiary/aromatic N) is 3. The molecule has 1 aromatic rings. The van der Waals surface area contributed by atoms with E-state index in [2.05, 4.69) is 27.1 Å². The second-order valence-corrected chi connectivity index (χ2v) is 5.42. The Morgan fingerprint density at radius 3 is 2.84 bits per heavy atom. The fourth-order valence-corrected chi connectivity index (χ4v) is 2.81. The van der Waals surface area contributed by atoms with Crippen LogP contribution in [0.5, 0.6) is 0 Å². The van der Waals surface area contributed by atoms with Crippen molar-refractivity contribution < 1.29 is 0 Å². The summed E-state index contributed by atoms with van der Waals surface area (Å²) in [5, 5.41) is 4.02. The third-order valence-corrected chi connectivity index (χ3v) is 4.23. The van der Waals surface area contributed by atoms with Gasteiger partial charge in [0, 0.05) is 24.6 Å². The standard InChI is InChI=1S/C14H23ClN4/c1-4-12-17-13(15)10(3)14(18-12)16-9-11-7-6-8-19(11)5-2/h11H,4-9H2,1-3H3,(H,16,17,18). The molecule has 5 heteroatoms. The maximum absolute atomic E-state index is 6.15. The normalized spacial score (nSPS) is 19.9. The van der Waals surface area contributed by atoms with Crippen LogP contribution in [0.4, 0.5) is 5.82 Å². The lowest BCUT2D eigenvalue weighted by atomic mass is 10.2. The summed E-state index contributed by atoms with van der Waals surface area (Å²) in [6, 6.07) is 0.614. The maximum atomic E-state index is 6.15. The predicted molar refractivity (Wildman–Crippen MR) is 79.9 cm³/mol. The van der Waals surface area contributed by atoms with Gasteiger partial charge in [0.25, 0.3) is 0 Å². The van der Waals surface area contributed by atoms with Gasteiger partial charge in [0.05, 0.1) is 0 Å². The molecule has 19 heavy (non-hydrogen) atoms. The second-order valence-electron chi connectivity index (χ2n) is 5.06. The summed E-state index contributed by atoms with van der Waals surface area (Å²) >= 11 is 6.15. The highest BCUT2D eigenvalue weighted by molar-refractivity contribution is 6.30. The van der Waals surface area contributed by atoms with E-state index in [1.807, 2.05) is 13.8 Å². The zero-order valence-electron chi connectivity index (χ0n) is 12.0. The van der Waals surface area contributed by atoms with Gasteiger partial charge in [-0.05, 0) is 32.9 Å². The van der Waals surface area contributed by atoms with E-state index < -0.39 is 0 Å². The molecule has 1 aliphatic heterocycles. The Balaban J connectivity index is 2.04. The first kappa shape index (κ1) is 14.5. The number of aromatic nitrogens is 2. The fraction of sp³-hybridized carbons (Fsp3) is 0.714. The van der Waals surface area contributed by atoms with Crippen LogP contribution in [0.3, 0.4) is 0 Å². The van der Waals surface area contributed by atoms with Gasteiger partial charge in [-0.25, -0.2) is 9.97 Å². The zero-order valence-corrected chi connectivity index (χ0v) is 12.8. The first-order valence-corrected chi connectivity index (χ1v) is 7.54. The molecule has 1 atom stereocenters. The molecule has 0 aromatic carbocycles. The van der Waals surface area contributed by atoms with E-state index in [1.165, 1.54) is 19.4 Å². The van der Waals surface area contributed by atoms with E-state index in [-0.39, 0.29) is 0 Å². The van der Waals surface area contributed by atoms with Crippen molar-refractivity contribution in [3.63, 3.8) is 0 Å². The van der Waals surface area contributed by atoms with Gasteiger partial charge in [-0.1, -0.05) is 25.4 Å². The van der Waals surface area contributed by atoms with Crippen molar-refractivity contribution in [3.05, 3.63) is 16.5 Å². The number of rotatable bonds is 5. The van der Waals surface area contributed by atoms with Crippen molar-refractivity contribution in [3.8, 4) is 0 Å². The van der Waals surface area contributed by atoms with Crippen molar-refractivity contribution in [2.75, 3.05) is 25.0 Å². The number of hydrogen-bond donors (Lipinski definition) is 1. The molecule has 0 saturated carbocycles. The van der Waals surface area contributed by atoms with Crippen LogP contribution < -0.4 is 5.32 Å². The molecular formula is C14H23ClN4. The molecule has 2 rings (SSSR count). The van der Waals surface area contributed by atoms with Gasteiger partial charge >= 0.3 is 0 Å². The van der Waals surface area contributed by atoms with E-state index in [0.29, 0.717) is 11.2 Å². The summed E-state index contributed by atoms with van der Waals surface area (Å²) in [7, 11) is 0. The highest BCUT2D eigenvalue weighted by Crippen LogP contribution is 2.22. The molecule has 0 aliphatic carbocycles. The van der Waals surface area contributed by atoms with Gasteiger partial charge < -0.3 is 5.32 Å². The molecule has 4 nitrogen and oxygen atoms in total. The number of nitrogens with one attached hydrogen (secondary N) is 1. The van der Waals surface area contributed by atoms with Crippen LogP contribution in [0.1, 0.15) is 38.1 Å². The number of aryl methyl sites for hydroxylation is 1. The van der Waals surface area contributed by atoms with Crippen LogP contribution in [0.2, 0.25) is 5.15 Å². The van der Waals surface area contributed by atoms with Gasteiger partial charge in [-0.3, -0.25) is 4.90 Å². The molecule has 2 heterocycles. The lowest BCUT2D eigenvalue weighted by Crippen LogP contribution is -2.35. The van der Waals surface area contributed by atoms with Crippen LogP contribution in [0.15, 0.2) is 0 Å². The quantitative estimate of drug-likeness (QED) is 0.843. The Morgan fingerprint density at radius 2 is 2.16 bits per heavy atom. The van der Waals surface area contributed by atoms with Crippen molar-refractivity contribution >= 4 is 17.4 Å². The monoisotopic (exact) mass is 282 g/mol. The third-order valence-electron chi connectivity index (χ3n) is 3.86. The summed E-state index contributed by atoms with van der Waals surface area (Å²) in [5.41, 5.74) is 0.944. The van der Waals surface area contributed by atoms with Crippen molar-refractivity contribution in [1.82, 2.24) is 14.9 Å². The summed E-state index contributed by atoms with van der Waals surface area (Å²) in [6.07, 6.45) is 3.36. The van der Waals surface area contributed by atoms with Crippen LogP contribution in [-0.2, 0) is 6.42 Å². The van der Waals surface area contributed by atoms with Gasteiger partial charge in [0.1, 0.15) is 16.8 Å². The van der Waals surface area contributed by atoms with Gasteiger partial charge in [-0.15, -0.1) is 0 Å². The summed E-state index contributed by atoms with van der Waals surface area (Å²) in [4.78, 5) is 11.3. The minimum Gasteiger partial charge on any atom is -0.368 e. The smallest absolute Gasteiger partial charge is 0.137 e. The van der Waals surface area contributed by atoms with Gasteiger partial charge in [-0.2, -0.15) is 0 Å². The Labute approximate surface area is 120 Å². The average molecular weight is 283 g/mol. The van der Waals surface area contributed by atoms with E-state index in [4.69, 9.17) is 11.6 Å².